The van der Waals surface area contributed by atoms with E-state index in [9.17, 15) is 4.79 Å². The highest BCUT2D eigenvalue weighted by molar-refractivity contribution is 5.76. The first-order valence-electron chi connectivity index (χ1n) is 6.95. The van der Waals surface area contributed by atoms with E-state index in [0.29, 0.717) is 30.9 Å². The summed E-state index contributed by atoms with van der Waals surface area (Å²) in [4.78, 5) is 11.6. The summed E-state index contributed by atoms with van der Waals surface area (Å²) >= 11 is 0. The Kier molecular flexibility index (Phi) is 6.79. The molecule has 0 spiro atoms. The summed E-state index contributed by atoms with van der Waals surface area (Å²) in [6.45, 7) is 5.40. The number of nitrogen functional groups attached to an aromatic ring is 1. The smallest absolute Gasteiger partial charge is 0.220 e. The van der Waals surface area contributed by atoms with E-state index < -0.39 is 0 Å². The Hall–Kier alpha value is -1.71. The molecule has 0 atom stereocenters. The van der Waals surface area contributed by atoms with Crippen molar-refractivity contribution < 1.29 is 9.53 Å². The lowest BCUT2D eigenvalue weighted by Gasteiger charge is -2.09. The van der Waals surface area contributed by atoms with E-state index in [1.165, 1.54) is 0 Å². The molecule has 1 amide bonds. The minimum absolute atomic E-state index is 0.0981. The molecule has 0 bridgehead atoms. The van der Waals surface area contributed by atoms with Gasteiger partial charge in [-0.3, -0.25) is 4.79 Å². The lowest BCUT2D eigenvalue weighted by atomic mass is 10.1. The minimum atomic E-state index is 0.0981. The van der Waals surface area contributed by atoms with Crippen LogP contribution in [-0.4, -0.2) is 19.1 Å². The predicted octanol–water partition coefficient (Wildman–Crippen LogP) is 2.52. The first-order chi connectivity index (χ1) is 9.17. The Bertz CT molecular complexity index is 405. The highest BCUT2D eigenvalue weighted by Gasteiger charge is 2.04. The highest BCUT2D eigenvalue weighted by atomic mass is 16.5. The Morgan fingerprint density at radius 2 is 2.16 bits per heavy atom. The van der Waals surface area contributed by atoms with E-state index in [0.717, 1.165) is 24.9 Å². The van der Waals surface area contributed by atoms with Gasteiger partial charge in [0.2, 0.25) is 5.91 Å². The van der Waals surface area contributed by atoms with Gasteiger partial charge in [0.1, 0.15) is 5.75 Å². The highest BCUT2D eigenvalue weighted by Crippen LogP contribution is 2.23. The maximum atomic E-state index is 11.6. The monoisotopic (exact) mass is 264 g/mol. The second kappa shape index (κ2) is 8.40. The van der Waals surface area contributed by atoms with E-state index in [1.807, 2.05) is 25.1 Å². The number of carbonyl (C=O) groups excluding carboxylic acids is 1. The molecule has 0 fully saturated rings. The molecule has 4 heteroatoms. The van der Waals surface area contributed by atoms with E-state index >= 15 is 0 Å². The van der Waals surface area contributed by atoms with Crippen LogP contribution in [0.15, 0.2) is 18.2 Å². The molecule has 0 aliphatic rings. The molecule has 3 N–H and O–H groups in total. The van der Waals surface area contributed by atoms with Crippen LogP contribution in [0.2, 0.25) is 0 Å². The Balaban J connectivity index is 2.41. The number of rotatable bonds is 8. The number of nitrogens with one attached hydrogen (secondary N) is 1. The number of aryl methyl sites for hydroxylation is 1. The fourth-order valence-corrected chi connectivity index (χ4v) is 1.79. The number of ether oxygens (including phenoxy) is 1. The normalized spacial score (nSPS) is 10.2. The van der Waals surface area contributed by atoms with Crippen molar-refractivity contribution in [2.24, 2.45) is 0 Å². The van der Waals surface area contributed by atoms with Gasteiger partial charge < -0.3 is 15.8 Å². The van der Waals surface area contributed by atoms with Crippen molar-refractivity contribution >= 4 is 11.6 Å². The number of anilines is 1. The molecule has 0 saturated carbocycles. The van der Waals surface area contributed by atoms with Gasteiger partial charge in [-0.15, -0.1) is 0 Å². The van der Waals surface area contributed by atoms with Crippen molar-refractivity contribution in [1.82, 2.24) is 5.32 Å². The van der Waals surface area contributed by atoms with Crippen molar-refractivity contribution in [3.05, 3.63) is 23.8 Å². The Labute approximate surface area is 115 Å². The average molecular weight is 264 g/mol. The molecule has 4 nitrogen and oxygen atoms in total. The quantitative estimate of drug-likeness (QED) is 0.560. The minimum Gasteiger partial charge on any atom is -0.492 e. The molecule has 0 heterocycles. The second-order valence-corrected chi connectivity index (χ2v) is 4.51. The molecular formula is C15H24N2O2. The second-order valence-electron chi connectivity index (χ2n) is 4.51. The molecule has 0 aliphatic heterocycles. The van der Waals surface area contributed by atoms with Gasteiger partial charge in [0.05, 0.1) is 12.3 Å². The lowest BCUT2D eigenvalue weighted by molar-refractivity contribution is -0.121. The zero-order valence-corrected chi connectivity index (χ0v) is 11.9. The third kappa shape index (κ3) is 5.64. The summed E-state index contributed by atoms with van der Waals surface area (Å²) in [6, 6.07) is 5.70. The van der Waals surface area contributed by atoms with Crippen LogP contribution in [0.4, 0.5) is 5.69 Å². The van der Waals surface area contributed by atoms with Crippen molar-refractivity contribution in [2.75, 3.05) is 18.9 Å². The van der Waals surface area contributed by atoms with Gasteiger partial charge >= 0.3 is 0 Å². The number of hydrogen-bond donors (Lipinski definition) is 2. The molecule has 0 unspecified atom stereocenters. The number of unbranched alkanes of at least 4 members (excludes halogenated alkanes) is 1. The van der Waals surface area contributed by atoms with E-state index in [2.05, 4.69) is 12.2 Å². The van der Waals surface area contributed by atoms with E-state index in [1.54, 1.807) is 0 Å². The Morgan fingerprint density at radius 3 is 2.79 bits per heavy atom. The van der Waals surface area contributed by atoms with Crippen molar-refractivity contribution in [3.8, 4) is 5.75 Å². The molecule has 19 heavy (non-hydrogen) atoms. The number of amides is 1. The molecule has 0 saturated heterocycles. The molecule has 1 rings (SSSR count). The van der Waals surface area contributed by atoms with Crippen LogP contribution in [0.3, 0.4) is 0 Å². The zero-order valence-electron chi connectivity index (χ0n) is 11.9. The molecule has 1 aromatic rings. The summed E-state index contributed by atoms with van der Waals surface area (Å²) in [6.07, 6.45) is 3.32. The van der Waals surface area contributed by atoms with Crippen LogP contribution >= 0.6 is 0 Å². The van der Waals surface area contributed by atoms with Gasteiger partial charge in [0.15, 0.2) is 0 Å². The first-order valence-corrected chi connectivity index (χ1v) is 6.95. The number of hydrogen-bond acceptors (Lipinski definition) is 3. The van der Waals surface area contributed by atoms with Gasteiger partial charge in [-0.25, -0.2) is 0 Å². The molecular weight excluding hydrogens is 240 g/mol. The summed E-state index contributed by atoms with van der Waals surface area (Å²) < 4.78 is 5.38. The first kappa shape index (κ1) is 15.3. The molecule has 106 valence electrons. The van der Waals surface area contributed by atoms with Gasteiger partial charge in [-0.2, -0.15) is 0 Å². The van der Waals surface area contributed by atoms with Crippen LogP contribution in [0.25, 0.3) is 0 Å². The molecule has 0 aliphatic carbocycles. The summed E-state index contributed by atoms with van der Waals surface area (Å²) in [5.41, 5.74) is 7.58. The van der Waals surface area contributed by atoms with Crippen LogP contribution in [0, 0.1) is 0 Å². The van der Waals surface area contributed by atoms with E-state index in [-0.39, 0.29) is 5.91 Å². The van der Waals surface area contributed by atoms with Gasteiger partial charge in [-0.1, -0.05) is 19.4 Å². The van der Waals surface area contributed by atoms with Crippen LogP contribution < -0.4 is 15.8 Å². The van der Waals surface area contributed by atoms with Crippen LogP contribution in [0.5, 0.6) is 5.75 Å². The number of carbonyl (C=O) groups is 1. The van der Waals surface area contributed by atoms with Crippen molar-refractivity contribution in [1.29, 1.82) is 0 Å². The molecule has 0 radical (unpaired) electrons. The third-order valence-corrected chi connectivity index (χ3v) is 2.87. The maximum absolute atomic E-state index is 11.6. The van der Waals surface area contributed by atoms with Crippen LogP contribution in [-0.2, 0) is 11.2 Å². The summed E-state index contributed by atoms with van der Waals surface area (Å²) in [7, 11) is 0. The van der Waals surface area contributed by atoms with Crippen LogP contribution in [0.1, 0.15) is 38.7 Å². The maximum Gasteiger partial charge on any atom is 0.220 e. The summed E-state index contributed by atoms with van der Waals surface area (Å²) in [5.74, 6) is 0.805. The SMILES string of the molecule is CCCCNC(=O)CCc1ccc(OCC)c(N)c1. The molecule has 1 aromatic carbocycles. The lowest BCUT2D eigenvalue weighted by Crippen LogP contribution is -2.24. The topological polar surface area (TPSA) is 64.3 Å². The molecule has 0 aromatic heterocycles. The summed E-state index contributed by atoms with van der Waals surface area (Å²) in [5, 5.41) is 2.91. The van der Waals surface area contributed by atoms with Gasteiger partial charge in [0.25, 0.3) is 0 Å². The number of nitrogens with two attached hydrogens (primary N) is 1. The largest absolute Gasteiger partial charge is 0.492 e. The fourth-order valence-electron chi connectivity index (χ4n) is 1.79. The van der Waals surface area contributed by atoms with Crippen molar-refractivity contribution in [3.63, 3.8) is 0 Å². The van der Waals surface area contributed by atoms with Crippen molar-refractivity contribution in [2.45, 2.75) is 39.5 Å². The zero-order chi connectivity index (χ0) is 14.1. The van der Waals surface area contributed by atoms with E-state index in [4.69, 9.17) is 10.5 Å². The average Bonchev–Trinajstić information content (AvgIpc) is 2.40. The number of benzene rings is 1. The Morgan fingerprint density at radius 1 is 1.37 bits per heavy atom. The standard InChI is InChI=1S/C15H24N2O2/c1-3-5-10-17-15(18)9-7-12-6-8-14(19-4-2)13(16)11-12/h6,8,11H,3-5,7,9-10,16H2,1-2H3,(H,17,18). The predicted molar refractivity (Wildman–Crippen MR) is 78.3 cm³/mol. The fraction of sp³-hybridized carbons (Fsp3) is 0.533. The van der Waals surface area contributed by atoms with Gasteiger partial charge in [-0.05, 0) is 37.5 Å². The van der Waals surface area contributed by atoms with Gasteiger partial charge in [0, 0.05) is 13.0 Å². The third-order valence-electron chi connectivity index (χ3n) is 2.87.